The van der Waals surface area contributed by atoms with Crippen LogP contribution in [0.5, 0.6) is 0 Å². The summed E-state index contributed by atoms with van der Waals surface area (Å²) in [6, 6.07) is 5.76. The highest BCUT2D eigenvalue weighted by Crippen LogP contribution is 2.53. The smallest absolute Gasteiger partial charge is 0.155 e. The molecule has 0 amide bonds. The third-order valence-corrected chi connectivity index (χ3v) is 5.96. The molecule has 1 saturated carbocycles. The first-order valence-corrected chi connectivity index (χ1v) is 7.54. The molecule has 1 aromatic rings. The standard InChI is InChI=1S/C12H17FN2O2S/c1-2-18(16,17)11-10(12(11,15)7-14)8-3-5-9(13)6-4-8/h3-6,10-11H,2,7,14-15H2,1H3/t10-,11-,12-/m1/s1. The molecule has 0 heterocycles. The van der Waals surface area contributed by atoms with Crippen LogP contribution in [0, 0.1) is 5.82 Å². The zero-order valence-corrected chi connectivity index (χ0v) is 11.0. The Morgan fingerprint density at radius 2 is 1.89 bits per heavy atom. The average molecular weight is 272 g/mol. The van der Waals surface area contributed by atoms with Gasteiger partial charge in [0.05, 0.1) is 10.8 Å². The predicted molar refractivity (Wildman–Crippen MR) is 68.4 cm³/mol. The monoisotopic (exact) mass is 272 g/mol. The van der Waals surface area contributed by atoms with Crippen molar-refractivity contribution < 1.29 is 12.8 Å². The molecule has 3 atom stereocenters. The quantitative estimate of drug-likeness (QED) is 0.830. The number of hydrogen-bond donors (Lipinski definition) is 2. The molecule has 0 saturated heterocycles. The van der Waals surface area contributed by atoms with E-state index in [9.17, 15) is 12.8 Å². The van der Waals surface area contributed by atoms with E-state index >= 15 is 0 Å². The first-order valence-electron chi connectivity index (χ1n) is 5.83. The van der Waals surface area contributed by atoms with Gasteiger partial charge in [0.1, 0.15) is 5.82 Å². The van der Waals surface area contributed by atoms with Crippen molar-refractivity contribution >= 4 is 9.84 Å². The van der Waals surface area contributed by atoms with E-state index in [0.717, 1.165) is 5.56 Å². The van der Waals surface area contributed by atoms with Crippen molar-refractivity contribution in [3.63, 3.8) is 0 Å². The van der Waals surface area contributed by atoms with Crippen molar-refractivity contribution in [2.75, 3.05) is 12.3 Å². The Morgan fingerprint density at radius 1 is 1.33 bits per heavy atom. The largest absolute Gasteiger partial charge is 0.329 e. The van der Waals surface area contributed by atoms with Gasteiger partial charge in [0.2, 0.25) is 0 Å². The van der Waals surface area contributed by atoms with E-state index in [1.165, 1.54) is 12.1 Å². The van der Waals surface area contributed by atoms with Crippen LogP contribution in [0.3, 0.4) is 0 Å². The molecule has 100 valence electrons. The number of hydrogen-bond acceptors (Lipinski definition) is 4. The lowest BCUT2D eigenvalue weighted by Crippen LogP contribution is -2.39. The molecule has 0 bridgehead atoms. The zero-order chi connectivity index (χ0) is 13.6. The van der Waals surface area contributed by atoms with Gasteiger partial charge < -0.3 is 11.5 Å². The summed E-state index contributed by atoms with van der Waals surface area (Å²) in [5.41, 5.74) is 11.5. The highest BCUT2D eigenvalue weighted by Gasteiger charge is 2.67. The van der Waals surface area contributed by atoms with E-state index in [1.807, 2.05) is 0 Å². The van der Waals surface area contributed by atoms with Gasteiger partial charge in [0.25, 0.3) is 0 Å². The summed E-state index contributed by atoms with van der Waals surface area (Å²) in [6.07, 6.45) is 0. The van der Waals surface area contributed by atoms with Crippen LogP contribution in [0.2, 0.25) is 0 Å². The fourth-order valence-electron chi connectivity index (χ4n) is 2.54. The molecular formula is C12H17FN2O2S. The first kappa shape index (κ1) is 13.5. The van der Waals surface area contributed by atoms with Crippen LogP contribution in [0.15, 0.2) is 24.3 Å². The van der Waals surface area contributed by atoms with Crippen LogP contribution in [-0.2, 0) is 9.84 Å². The maximum absolute atomic E-state index is 12.9. The summed E-state index contributed by atoms with van der Waals surface area (Å²) in [6.45, 7) is 1.69. The average Bonchev–Trinajstić information content (AvgIpc) is 2.98. The molecule has 1 aromatic carbocycles. The summed E-state index contributed by atoms with van der Waals surface area (Å²) in [5, 5.41) is -0.662. The fraction of sp³-hybridized carbons (Fsp3) is 0.500. The number of nitrogens with two attached hydrogens (primary N) is 2. The second-order valence-corrected chi connectivity index (χ2v) is 7.13. The van der Waals surface area contributed by atoms with Crippen LogP contribution < -0.4 is 11.5 Å². The molecule has 1 aliphatic rings. The number of rotatable bonds is 4. The van der Waals surface area contributed by atoms with Gasteiger partial charge in [-0.2, -0.15) is 0 Å². The molecule has 2 rings (SSSR count). The van der Waals surface area contributed by atoms with E-state index in [1.54, 1.807) is 19.1 Å². The summed E-state index contributed by atoms with van der Waals surface area (Å²) in [5.74, 6) is -0.661. The van der Waals surface area contributed by atoms with E-state index < -0.39 is 20.6 Å². The minimum Gasteiger partial charge on any atom is -0.329 e. The lowest BCUT2D eigenvalue weighted by atomic mass is 10.1. The zero-order valence-electron chi connectivity index (χ0n) is 10.1. The van der Waals surface area contributed by atoms with E-state index in [2.05, 4.69) is 0 Å². The molecule has 1 aliphatic carbocycles. The maximum atomic E-state index is 12.9. The summed E-state index contributed by atoms with van der Waals surface area (Å²) in [7, 11) is -3.25. The van der Waals surface area contributed by atoms with Crippen molar-refractivity contribution in [3.05, 3.63) is 35.6 Å². The highest BCUT2D eigenvalue weighted by molar-refractivity contribution is 7.92. The number of halogens is 1. The molecule has 0 aromatic heterocycles. The Balaban J connectivity index is 2.37. The van der Waals surface area contributed by atoms with Gasteiger partial charge in [-0.25, -0.2) is 12.8 Å². The predicted octanol–water partition coefficient (Wildman–Crippen LogP) is 0.382. The second-order valence-electron chi connectivity index (χ2n) is 4.72. The third-order valence-electron chi connectivity index (χ3n) is 3.67. The molecule has 4 N–H and O–H groups in total. The Labute approximate surface area is 106 Å². The molecule has 0 radical (unpaired) electrons. The second kappa shape index (κ2) is 4.29. The third kappa shape index (κ3) is 1.94. The molecule has 1 fully saturated rings. The molecule has 4 nitrogen and oxygen atoms in total. The maximum Gasteiger partial charge on any atom is 0.155 e. The number of benzene rings is 1. The van der Waals surface area contributed by atoms with Crippen LogP contribution in [-0.4, -0.2) is 31.5 Å². The minimum absolute atomic E-state index is 0.0360. The Hall–Kier alpha value is -0.980. The van der Waals surface area contributed by atoms with Crippen molar-refractivity contribution in [2.45, 2.75) is 23.6 Å². The van der Waals surface area contributed by atoms with Crippen LogP contribution >= 0.6 is 0 Å². The van der Waals surface area contributed by atoms with Gasteiger partial charge in [-0.05, 0) is 17.7 Å². The normalized spacial score (nSPS) is 31.3. The number of sulfone groups is 1. The van der Waals surface area contributed by atoms with Crippen LogP contribution in [0.4, 0.5) is 4.39 Å². The van der Waals surface area contributed by atoms with E-state index in [4.69, 9.17) is 11.5 Å². The van der Waals surface area contributed by atoms with Crippen molar-refractivity contribution in [3.8, 4) is 0 Å². The van der Waals surface area contributed by atoms with Crippen LogP contribution in [0.1, 0.15) is 18.4 Å². The minimum atomic E-state index is -3.25. The Morgan fingerprint density at radius 3 is 2.33 bits per heavy atom. The Kier molecular flexibility index (Phi) is 3.21. The van der Waals surface area contributed by atoms with Gasteiger partial charge >= 0.3 is 0 Å². The lowest BCUT2D eigenvalue weighted by Gasteiger charge is -2.07. The van der Waals surface area contributed by atoms with Gasteiger partial charge in [0, 0.05) is 18.2 Å². The summed E-state index contributed by atoms with van der Waals surface area (Å²) >= 11 is 0. The molecule has 0 unspecified atom stereocenters. The van der Waals surface area contributed by atoms with Gasteiger partial charge in [0.15, 0.2) is 9.84 Å². The van der Waals surface area contributed by atoms with Gasteiger partial charge in [-0.3, -0.25) is 0 Å². The van der Waals surface area contributed by atoms with Crippen LogP contribution in [0.25, 0.3) is 0 Å². The molecule has 0 aliphatic heterocycles. The molecule has 18 heavy (non-hydrogen) atoms. The van der Waals surface area contributed by atoms with Gasteiger partial charge in [-0.1, -0.05) is 19.1 Å². The van der Waals surface area contributed by atoms with Gasteiger partial charge in [-0.15, -0.1) is 0 Å². The Bertz CT molecular complexity index is 544. The summed E-state index contributed by atoms with van der Waals surface area (Å²) in [4.78, 5) is 0. The molecular weight excluding hydrogens is 255 g/mol. The molecule has 6 heteroatoms. The summed E-state index contributed by atoms with van der Waals surface area (Å²) < 4.78 is 36.8. The van der Waals surface area contributed by atoms with E-state index in [-0.39, 0.29) is 24.0 Å². The van der Waals surface area contributed by atoms with Crippen molar-refractivity contribution in [1.82, 2.24) is 0 Å². The first-order chi connectivity index (χ1) is 8.36. The highest BCUT2D eigenvalue weighted by atomic mass is 32.2. The molecule has 0 spiro atoms. The van der Waals surface area contributed by atoms with E-state index in [0.29, 0.717) is 0 Å². The lowest BCUT2D eigenvalue weighted by molar-refractivity contribution is 0.587. The van der Waals surface area contributed by atoms with Crippen molar-refractivity contribution in [1.29, 1.82) is 0 Å². The SMILES string of the molecule is CCS(=O)(=O)[C@@H]1[C@@H](c2ccc(F)cc2)[C@]1(N)CN. The topological polar surface area (TPSA) is 86.2 Å². The fourth-order valence-corrected chi connectivity index (χ4v) is 4.56. The van der Waals surface area contributed by atoms with Crippen molar-refractivity contribution in [2.24, 2.45) is 11.5 Å².